The smallest absolute Gasteiger partial charge is 0.267 e. The van der Waals surface area contributed by atoms with E-state index >= 15 is 0 Å². The summed E-state index contributed by atoms with van der Waals surface area (Å²) in [4.78, 5) is 19.2. The molecule has 0 saturated carbocycles. The van der Waals surface area contributed by atoms with Crippen LogP contribution in [-0.4, -0.2) is 18.0 Å². The Morgan fingerprint density at radius 1 is 0.971 bits per heavy atom. The molecule has 3 aromatic carbocycles. The summed E-state index contributed by atoms with van der Waals surface area (Å²) in [6, 6.07) is 27.2. The maximum atomic E-state index is 13.1. The molecule has 0 aliphatic carbocycles. The molecular weight excluding hydrogens is 510 g/mol. The fraction of sp³-hybridized carbons (Fsp3) is 0.0370. The number of nitrogens with zero attached hydrogens (tertiary/aromatic N) is 1. The molecule has 0 radical (unpaired) electrons. The first-order valence-electron chi connectivity index (χ1n) is 10.5. The van der Waals surface area contributed by atoms with Crippen LogP contribution in [0.5, 0.6) is 5.75 Å². The van der Waals surface area contributed by atoms with Crippen LogP contribution in [0.15, 0.2) is 89.4 Å². The number of carbonyl (C=O) groups excluding carboxylic acids is 1. The second-order valence-electron chi connectivity index (χ2n) is 7.64. The van der Waals surface area contributed by atoms with Crippen molar-refractivity contribution >= 4 is 54.8 Å². The molecule has 0 fully saturated rings. The number of aromatic nitrogens is 1. The van der Waals surface area contributed by atoms with Gasteiger partial charge in [-0.3, -0.25) is 4.79 Å². The number of amides is 1. The number of rotatable bonds is 5. The number of thiophene rings is 1. The number of ether oxygens (including phenoxy) is 1. The van der Waals surface area contributed by atoms with Gasteiger partial charge in [0.15, 0.2) is 0 Å². The van der Waals surface area contributed by atoms with Gasteiger partial charge >= 0.3 is 0 Å². The summed E-state index contributed by atoms with van der Waals surface area (Å²) in [5.74, 6) is 0.509. The minimum Gasteiger partial charge on any atom is -0.497 e. The van der Waals surface area contributed by atoms with Gasteiger partial charge in [0.05, 0.1) is 18.5 Å². The summed E-state index contributed by atoms with van der Waals surface area (Å²) >= 11 is 4.71. The number of nitrogen functional groups attached to an aromatic ring is 1. The molecule has 5 aromatic rings. The molecule has 0 aliphatic rings. The van der Waals surface area contributed by atoms with Gasteiger partial charge in [-0.05, 0) is 53.6 Å². The lowest BCUT2D eigenvalue weighted by atomic mass is 9.99. The molecule has 0 unspecified atom stereocenters. The van der Waals surface area contributed by atoms with E-state index in [0.29, 0.717) is 21.1 Å². The Balaban J connectivity index is 1.65. The van der Waals surface area contributed by atoms with Crippen LogP contribution in [0, 0.1) is 0 Å². The van der Waals surface area contributed by atoms with E-state index in [1.54, 1.807) is 7.11 Å². The number of benzene rings is 3. The zero-order valence-corrected chi connectivity index (χ0v) is 20.6. The van der Waals surface area contributed by atoms with Gasteiger partial charge in [0.25, 0.3) is 5.91 Å². The third-order valence-electron chi connectivity index (χ3n) is 5.48. The zero-order valence-electron chi connectivity index (χ0n) is 18.2. The highest BCUT2D eigenvalue weighted by Crippen LogP contribution is 2.41. The lowest BCUT2D eigenvalue weighted by Crippen LogP contribution is -2.11. The van der Waals surface area contributed by atoms with Crippen LogP contribution in [0.2, 0.25) is 0 Å². The average Bonchev–Trinajstić information content (AvgIpc) is 3.22. The Morgan fingerprint density at radius 2 is 1.68 bits per heavy atom. The minimum atomic E-state index is -0.259. The van der Waals surface area contributed by atoms with Crippen molar-refractivity contribution in [3.8, 4) is 28.1 Å². The molecule has 2 heterocycles. The van der Waals surface area contributed by atoms with E-state index in [2.05, 4.69) is 21.2 Å². The molecule has 0 spiro atoms. The molecule has 0 bridgehead atoms. The van der Waals surface area contributed by atoms with Crippen molar-refractivity contribution < 1.29 is 9.53 Å². The van der Waals surface area contributed by atoms with Gasteiger partial charge in [0, 0.05) is 21.1 Å². The molecule has 168 valence electrons. The monoisotopic (exact) mass is 529 g/mol. The highest BCUT2D eigenvalue weighted by Gasteiger charge is 2.22. The Labute approximate surface area is 209 Å². The van der Waals surface area contributed by atoms with Crippen LogP contribution < -0.4 is 15.8 Å². The van der Waals surface area contributed by atoms with Crippen LogP contribution >= 0.6 is 27.3 Å². The van der Waals surface area contributed by atoms with E-state index in [-0.39, 0.29) is 5.91 Å². The van der Waals surface area contributed by atoms with Gasteiger partial charge in [0.1, 0.15) is 15.5 Å². The Hall–Kier alpha value is -3.68. The predicted molar refractivity (Wildman–Crippen MR) is 144 cm³/mol. The largest absolute Gasteiger partial charge is 0.497 e. The van der Waals surface area contributed by atoms with Gasteiger partial charge in [0.2, 0.25) is 0 Å². The third-order valence-corrected chi connectivity index (χ3v) is 7.10. The number of fused-ring (bicyclic) bond motifs is 1. The third kappa shape index (κ3) is 4.27. The number of methoxy groups -OCH3 is 1. The predicted octanol–water partition coefficient (Wildman–Crippen LogP) is 7.24. The molecule has 0 atom stereocenters. The summed E-state index contributed by atoms with van der Waals surface area (Å²) in [5.41, 5.74) is 11.4. The molecular formula is C27H20BrN3O2S. The molecule has 7 heteroatoms. The molecule has 3 N–H and O–H groups in total. The standard InChI is InChI=1S/C27H20BrN3O2S/c1-33-20-13-7-16(8-14-20)21-15-22(17-5-3-2-4-6-17)31-27-23(21)24(29)25(34-27)26(32)30-19-11-9-18(28)10-12-19/h2-15H,29H2,1H3,(H,30,32). The van der Waals surface area contributed by atoms with E-state index < -0.39 is 0 Å². The van der Waals surface area contributed by atoms with Crippen LogP contribution in [0.4, 0.5) is 11.4 Å². The topological polar surface area (TPSA) is 77.2 Å². The van der Waals surface area contributed by atoms with E-state index in [1.807, 2.05) is 84.9 Å². The van der Waals surface area contributed by atoms with Crippen molar-refractivity contribution in [2.75, 3.05) is 18.2 Å². The summed E-state index contributed by atoms with van der Waals surface area (Å²) in [6.07, 6.45) is 0. The van der Waals surface area contributed by atoms with Gasteiger partial charge in [-0.2, -0.15) is 0 Å². The first-order valence-corrected chi connectivity index (χ1v) is 12.1. The number of hydrogen-bond donors (Lipinski definition) is 2. The Kier molecular flexibility index (Phi) is 6.04. The Morgan fingerprint density at radius 3 is 2.35 bits per heavy atom. The summed E-state index contributed by atoms with van der Waals surface area (Å²) in [5, 5.41) is 3.71. The lowest BCUT2D eigenvalue weighted by molar-refractivity contribution is 0.103. The van der Waals surface area contributed by atoms with Crippen LogP contribution in [-0.2, 0) is 0 Å². The fourth-order valence-corrected chi connectivity index (χ4v) is 5.05. The summed E-state index contributed by atoms with van der Waals surface area (Å²) < 4.78 is 6.26. The average molecular weight is 530 g/mol. The SMILES string of the molecule is COc1ccc(-c2cc(-c3ccccc3)nc3sc(C(=O)Nc4ccc(Br)cc4)c(N)c23)cc1. The maximum Gasteiger partial charge on any atom is 0.267 e. The number of halogens is 1. The van der Waals surface area contributed by atoms with Crippen LogP contribution in [0.3, 0.4) is 0 Å². The minimum absolute atomic E-state index is 0.259. The van der Waals surface area contributed by atoms with E-state index in [4.69, 9.17) is 15.5 Å². The second-order valence-corrected chi connectivity index (χ2v) is 9.55. The number of pyridine rings is 1. The first kappa shape index (κ1) is 22.1. The molecule has 5 rings (SSSR count). The maximum absolute atomic E-state index is 13.1. The highest BCUT2D eigenvalue weighted by atomic mass is 79.9. The van der Waals surface area contributed by atoms with Crippen LogP contribution in [0.1, 0.15) is 9.67 Å². The fourth-order valence-electron chi connectivity index (χ4n) is 3.77. The number of nitrogens with one attached hydrogen (secondary N) is 1. The van der Waals surface area contributed by atoms with Crippen molar-refractivity contribution in [3.05, 3.63) is 94.3 Å². The zero-order chi connectivity index (χ0) is 23.7. The lowest BCUT2D eigenvalue weighted by Gasteiger charge is -2.10. The number of hydrogen-bond acceptors (Lipinski definition) is 5. The van der Waals surface area contributed by atoms with E-state index in [0.717, 1.165) is 38.0 Å². The molecule has 2 aromatic heterocycles. The van der Waals surface area contributed by atoms with Gasteiger partial charge in [-0.25, -0.2) is 4.98 Å². The van der Waals surface area contributed by atoms with E-state index in [1.165, 1.54) is 11.3 Å². The van der Waals surface area contributed by atoms with Gasteiger partial charge < -0.3 is 15.8 Å². The normalized spacial score (nSPS) is 10.9. The van der Waals surface area contributed by atoms with Crippen molar-refractivity contribution in [1.29, 1.82) is 0 Å². The van der Waals surface area contributed by atoms with Crippen molar-refractivity contribution in [1.82, 2.24) is 4.98 Å². The van der Waals surface area contributed by atoms with Crippen molar-refractivity contribution in [2.45, 2.75) is 0 Å². The van der Waals surface area contributed by atoms with Crippen molar-refractivity contribution in [2.24, 2.45) is 0 Å². The second kappa shape index (κ2) is 9.29. The quantitative estimate of drug-likeness (QED) is 0.251. The molecule has 5 nitrogen and oxygen atoms in total. The van der Waals surface area contributed by atoms with Gasteiger partial charge in [-0.15, -0.1) is 11.3 Å². The van der Waals surface area contributed by atoms with Crippen LogP contribution in [0.25, 0.3) is 32.6 Å². The van der Waals surface area contributed by atoms with Crippen molar-refractivity contribution in [3.63, 3.8) is 0 Å². The van der Waals surface area contributed by atoms with Gasteiger partial charge in [-0.1, -0.05) is 58.4 Å². The Bertz CT molecular complexity index is 1480. The first-order chi connectivity index (χ1) is 16.5. The number of nitrogens with two attached hydrogens (primary N) is 1. The van der Waals surface area contributed by atoms with E-state index in [9.17, 15) is 4.79 Å². The number of anilines is 2. The number of carbonyl (C=O) groups is 1. The molecule has 0 aliphatic heterocycles. The molecule has 1 amide bonds. The molecule has 0 saturated heterocycles. The summed E-state index contributed by atoms with van der Waals surface area (Å²) in [7, 11) is 1.64. The summed E-state index contributed by atoms with van der Waals surface area (Å²) in [6.45, 7) is 0. The molecule has 34 heavy (non-hydrogen) atoms. The highest BCUT2D eigenvalue weighted by molar-refractivity contribution is 9.10.